The van der Waals surface area contributed by atoms with Crippen LogP contribution in [-0.4, -0.2) is 11.7 Å². The van der Waals surface area contributed by atoms with Crippen molar-refractivity contribution < 1.29 is 13.9 Å². The topological polar surface area (TPSA) is 69.2 Å². The highest BCUT2D eigenvalue weighted by Gasteiger charge is 2.17. The molecule has 2 unspecified atom stereocenters. The van der Waals surface area contributed by atoms with Crippen LogP contribution < -0.4 is 5.32 Å². The molecule has 4 nitrogen and oxygen atoms in total. The first-order chi connectivity index (χ1) is 9.65. The lowest BCUT2D eigenvalue weighted by molar-refractivity contribution is 0.217. The van der Waals surface area contributed by atoms with Gasteiger partial charge in [-0.25, -0.2) is 4.39 Å². The highest BCUT2D eigenvalue weighted by atomic mass is 19.1. The number of aliphatic hydroxyl groups is 1. The molecule has 0 aliphatic carbocycles. The number of nitriles is 1. The van der Waals surface area contributed by atoms with Gasteiger partial charge in [0, 0.05) is 6.04 Å². The molecule has 5 heteroatoms. The standard InChI is InChI=1S/C15H15FN2O2/c1-10(11-4-5-12(8-17)13(16)7-11)18-14(9-19)15-3-2-6-20-15/h2-7,10,14,18-19H,9H2,1H3. The molecule has 2 aromatic rings. The molecule has 2 rings (SSSR count). The van der Waals surface area contributed by atoms with Gasteiger partial charge in [0.15, 0.2) is 0 Å². The van der Waals surface area contributed by atoms with Crippen molar-refractivity contribution in [3.05, 3.63) is 59.3 Å². The molecule has 0 amide bonds. The minimum absolute atomic E-state index is 0.0192. The second-order valence-corrected chi connectivity index (χ2v) is 4.49. The molecule has 2 N–H and O–H groups in total. The molecular formula is C15H15FN2O2. The number of furan rings is 1. The summed E-state index contributed by atoms with van der Waals surface area (Å²) < 4.78 is 18.8. The minimum atomic E-state index is -0.544. The van der Waals surface area contributed by atoms with Crippen molar-refractivity contribution in [3.63, 3.8) is 0 Å². The predicted octanol–water partition coefficient (Wildman–Crippen LogP) is 2.67. The molecule has 0 radical (unpaired) electrons. The fourth-order valence-electron chi connectivity index (χ4n) is 2.00. The van der Waals surface area contributed by atoms with Crippen molar-refractivity contribution in [2.45, 2.75) is 19.0 Å². The summed E-state index contributed by atoms with van der Waals surface area (Å²) in [5, 5.41) is 21.3. The molecule has 0 aliphatic rings. The van der Waals surface area contributed by atoms with Crippen LogP contribution in [0.3, 0.4) is 0 Å². The van der Waals surface area contributed by atoms with Gasteiger partial charge in [-0.2, -0.15) is 5.26 Å². The largest absolute Gasteiger partial charge is 0.468 e. The first kappa shape index (κ1) is 14.3. The van der Waals surface area contributed by atoms with Crippen molar-refractivity contribution in [1.82, 2.24) is 5.32 Å². The summed E-state index contributed by atoms with van der Waals surface area (Å²) >= 11 is 0. The number of hydrogen-bond acceptors (Lipinski definition) is 4. The summed E-state index contributed by atoms with van der Waals surface area (Å²) in [4.78, 5) is 0. The third-order valence-corrected chi connectivity index (χ3v) is 3.13. The van der Waals surface area contributed by atoms with Crippen LogP contribution in [0, 0.1) is 17.1 Å². The lowest BCUT2D eigenvalue weighted by Crippen LogP contribution is -2.27. The van der Waals surface area contributed by atoms with Crippen LogP contribution in [0.5, 0.6) is 0 Å². The third-order valence-electron chi connectivity index (χ3n) is 3.13. The maximum Gasteiger partial charge on any atom is 0.141 e. The van der Waals surface area contributed by atoms with Crippen molar-refractivity contribution >= 4 is 0 Å². The molecule has 0 spiro atoms. The van der Waals surface area contributed by atoms with Gasteiger partial charge in [-0.05, 0) is 36.8 Å². The van der Waals surface area contributed by atoms with Crippen LogP contribution in [0.1, 0.15) is 35.9 Å². The van der Waals surface area contributed by atoms with E-state index in [4.69, 9.17) is 9.68 Å². The lowest BCUT2D eigenvalue weighted by Gasteiger charge is -2.20. The van der Waals surface area contributed by atoms with Gasteiger partial charge in [0.2, 0.25) is 0 Å². The number of halogens is 1. The molecule has 20 heavy (non-hydrogen) atoms. The molecule has 0 bridgehead atoms. The Labute approximate surface area is 116 Å². The van der Waals surface area contributed by atoms with Gasteiger partial charge in [0.25, 0.3) is 0 Å². The number of nitrogens with one attached hydrogen (secondary N) is 1. The average molecular weight is 274 g/mol. The summed E-state index contributed by atoms with van der Waals surface area (Å²) in [6.45, 7) is 1.73. The molecule has 1 heterocycles. The Hall–Kier alpha value is -2.16. The number of benzene rings is 1. The SMILES string of the molecule is CC(NC(CO)c1ccco1)c1ccc(C#N)c(F)c1. The maximum atomic E-state index is 13.6. The zero-order valence-electron chi connectivity index (χ0n) is 11.0. The Morgan fingerprint density at radius 2 is 2.25 bits per heavy atom. The fraction of sp³-hybridized carbons (Fsp3) is 0.267. The van der Waals surface area contributed by atoms with E-state index in [2.05, 4.69) is 5.32 Å². The van der Waals surface area contributed by atoms with Crippen molar-refractivity contribution in [1.29, 1.82) is 5.26 Å². The number of aliphatic hydroxyl groups excluding tert-OH is 1. The smallest absolute Gasteiger partial charge is 0.141 e. The van der Waals surface area contributed by atoms with Crippen LogP contribution in [0.2, 0.25) is 0 Å². The first-order valence-corrected chi connectivity index (χ1v) is 6.25. The number of rotatable bonds is 5. The zero-order chi connectivity index (χ0) is 14.5. The van der Waals surface area contributed by atoms with Gasteiger partial charge in [-0.1, -0.05) is 6.07 Å². The van der Waals surface area contributed by atoms with Gasteiger partial charge in [-0.3, -0.25) is 5.32 Å². The summed E-state index contributed by atoms with van der Waals surface area (Å²) in [7, 11) is 0. The van der Waals surface area contributed by atoms with E-state index in [-0.39, 0.29) is 24.3 Å². The molecular weight excluding hydrogens is 259 g/mol. The van der Waals surface area contributed by atoms with E-state index in [0.29, 0.717) is 11.3 Å². The molecule has 1 aromatic carbocycles. The minimum Gasteiger partial charge on any atom is -0.468 e. The van der Waals surface area contributed by atoms with Gasteiger partial charge >= 0.3 is 0 Å². The zero-order valence-corrected chi connectivity index (χ0v) is 11.0. The van der Waals surface area contributed by atoms with E-state index in [9.17, 15) is 9.50 Å². The van der Waals surface area contributed by atoms with E-state index < -0.39 is 5.82 Å². The Bertz CT molecular complexity index is 605. The first-order valence-electron chi connectivity index (χ1n) is 6.25. The molecule has 0 saturated carbocycles. The van der Waals surface area contributed by atoms with E-state index in [0.717, 1.165) is 0 Å². The normalized spacial score (nSPS) is 13.7. The number of nitrogens with zero attached hydrogens (tertiary/aromatic N) is 1. The number of hydrogen-bond donors (Lipinski definition) is 2. The van der Waals surface area contributed by atoms with Crippen LogP contribution in [0.4, 0.5) is 4.39 Å². The second-order valence-electron chi connectivity index (χ2n) is 4.49. The van der Waals surface area contributed by atoms with Gasteiger partial charge in [0.1, 0.15) is 17.6 Å². The highest BCUT2D eigenvalue weighted by molar-refractivity contribution is 5.34. The monoisotopic (exact) mass is 274 g/mol. The van der Waals surface area contributed by atoms with Crippen LogP contribution in [0.15, 0.2) is 41.0 Å². The molecule has 0 aliphatic heterocycles. The molecule has 0 fully saturated rings. The van der Waals surface area contributed by atoms with Crippen LogP contribution in [0.25, 0.3) is 0 Å². The average Bonchev–Trinajstić information content (AvgIpc) is 2.98. The summed E-state index contributed by atoms with van der Waals surface area (Å²) in [6, 6.07) is 9.20. The van der Waals surface area contributed by atoms with Crippen molar-refractivity contribution in [2.75, 3.05) is 6.61 Å². The summed E-state index contributed by atoms with van der Waals surface area (Å²) in [5.41, 5.74) is 0.720. The predicted molar refractivity (Wildman–Crippen MR) is 71.2 cm³/mol. The fourth-order valence-corrected chi connectivity index (χ4v) is 2.00. The van der Waals surface area contributed by atoms with E-state index >= 15 is 0 Å². The summed E-state index contributed by atoms with van der Waals surface area (Å²) in [5.74, 6) is 0.0747. The third kappa shape index (κ3) is 3.05. The Morgan fingerprint density at radius 1 is 1.45 bits per heavy atom. The maximum absolute atomic E-state index is 13.6. The summed E-state index contributed by atoms with van der Waals surface area (Å²) in [6.07, 6.45) is 1.53. The van der Waals surface area contributed by atoms with Crippen molar-refractivity contribution in [2.24, 2.45) is 0 Å². The Morgan fingerprint density at radius 3 is 2.80 bits per heavy atom. The van der Waals surface area contributed by atoms with E-state index in [1.165, 1.54) is 18.4 Å². The van der Waals surface area contributed by atoms with Gasteiger partial charge in [0.05, 0.1) is 24.5 Å². The molecule has 0 saturated heterocycles. The van der Waals surface area contributed by atoms with E-state index in [1.54, 1.807) is 24.3 Å². The van der Waals surface area contributed by atoms with Crippen LogP contribution >= 0.6 is 0 Å². The lowest BCUT2D eigenvalue weighted by atomic mass is 10.0. The molecule has 2 atom stereocenters. The molecule has 104 valence electrons. The Kier molecular flexibility index (Phi) is 4.51. The second kappa shape index (κ2) is 6.33. The Balaban J connectivity index is 2.13. The molecule has 1 aromatic heterocycles. The van der Waals surface area contributed by atoms with Gasteiger partial charge < -0.3 is 9.52 Å². The van der Waals surface area contributed by atoms with Crippen molar-refractivity contribution in [3.8, 4) is 6.07 Å². The highest BCUT2D eigenvalue weighted by Crippen LogP contribution is 2.21. The van der Waals surface area contributed by atoms with Crippen LogP contribution in [-0.2, 0) is 0 Å². The quantitative estimate of drug-likeness (QED) is 0.879. The van der Waals surface area contributed by atoms with Gasteiger partial charge in [-0.15, -0.1) is 0 Å². The van der Waals surface area contributed by atoms with E-state index in [1.807, 2.05) is 6.92 Å².